The first kappa shape index (κ1) is 17.3. The molecule has 5 heteroatoms. The van der Waals surface area contributed by atoms with Crippen LogP contribution in [0.5, 0.6) is 5.75 Å². The Bertz CT molecular complexity index is 767. The van der Waals surface area contributed by atoms with E-state index in [1.807, 2.05) is 50.2 Å². The van der Waals surface area contributed by atoms with Gasteiger partial charge in [0.25, 0.3) is 5.91 Å². The van der Waals surface area contributed by atoms with Crippen molar-refractivity contribution in [2.45, 2.75) is 26.3 Å². The number of benzene rings is 2. The largest absolute Gasteiger partial charge is 0.484 e. The number of ether oxygens (including phenoxy) is 1. The third-order valence-corrected chi connectivity index (χ3v) is 4.42. The minimum absolute atomic E-state index is 0.00978. The number of carbonyl (C=O) groups excluding carboxylic acids is 1. The topological polar surface area (TPSA) is 62.1 Å². The second-order valence-corrected chi connectivity index (χ2v) is 6.87. The van der Waals surface area contributed by atoms with Crippen LogP contribution in [-0.2, 0) is 4.79 Å². The van der Waals surface area contributed by atoms with E-state index in [1.54, 1.807) is 6.92 Å². The van der Waals surface area contributed by atoms with Gasteiger partial charge in [-0.15, -0.1) is 0 Å². The molecule has 0 heterocycles. The number of nitriles is 1. The van der Waals surface area contributed by atoms with E-state index >= 15 is 0 Å². The maximum Gasteiger partial charge on any atom is 0.259 e. The molecule has 1 N–H and O–H groups in total. The first-order chi connectivity index (χ1) is 10.8. The summed E-state index contributed by atoms with van der Waals surface area (Å²) in [5.41, 5.74) is -0.893. The summed E-state index contributed by atoms with van der Waals surface area (Å²) in [6, 6.07) is 13.8. The number of hydrogen-bond acceptors (Lipinski definition) is 3. The first-order valence-electron chi connectivity index (χ1n) is 7.38. The molecule has 0 spiro atoms. The molecule has 120 valence electrons. The molecule has 0 unspecified atom stereocenters. The van der Waals surface area contributed by atoms with Crippen LogP contribution in [0, 0.1) is 17.2 Å². The van der Waals surface area contributed by atoms with Gasteiger partial charge in [-0.2, -0.15) is 5.26 Å². The number of rotatable bonds is 5. The number of amides is 1. The Morgan fingerprint density at radius 3 is 2.61 bits per heavy atom. The molecule has 2 aromatic rings. The monoisotopic (exact) mass is 374 g/mol. The molecule has 4 nitrogen and oxygen atoms in total. The summed E-state index contributed by atoms with van der Waals surface area (Å²) in [5.74, 6) is 0.326. The van der Waals surface area contributed by atoms with E-state index in [-0.39, 0.29) is 18.4 Å². The molecule has 0 aromatic heterocycles. The molecule has 0 aliphatic rings. The third kappa shape index (κ3) is 4.23. The Hall–Kier alpha value is -2.06. The van der Waals surface area contributed by atoms with E-state index in [0.29, 0.717) is 5.75 Å². The minimum atomic E-state index is -0.893. The lowest BCUT2D eigenvalue weighted by molar-refractivity contribution is -0.124. The van der Waals surface area contributed by atoms with Gasteiger partial charge >= 0.3 is 0 Å². The van der Waals surface area contributed by atoms with Gasteiger partial charge in [0.2, 0.25) is 0 Å². The maximum absolute atomic E-state index is 12.0. The van der Waals surface area contributed by atoms with Gasteiger partial charge in [-0.05, 0) is 47.9 Å². The Labute approximate surface area is 144 Å². The van der Waals surface area contributed by atoms with Gasteiger partial charge in [-0.25, -0.2) is 0 Å². The highest BCUT2D eigenvalue weighted by Gasteiger charge is 2.29. The molecule has 23 heavy (non-hydrogen) atoms. The quantitative estimate of drug-likeness (QED) is 0.858. The van der Waals surface area contributed by atoms with Crippen molar-refractivity contribution < 1.29 is 9.53 Å². The molecule has 0 fully saturated rings. The van der Waals surface area contributed by atoms with Crippen LogP contribution < -0.4 is 10.1 Å². The van der Waals surface area contributed by atoms with E-state index in [2.05, 4.69) is 27.3 Å². The summed E-state index contributed by atoms with van der Waals surface area (Å²) in [6.45, 7) is 5.38. The van der Waals surface area contributed by atoms with Crippen LogP contribution in [-0.4, -0.2) is 18.1 Å². The minimum Gasteiger partial charge on any atom is -0.484 e. The molecular formula is C18H19BrN2O2. The van der Waals surface area contributed by atoms with Gasteiger partial charge in [-0.3, -0.25) is 4.79 Å². The summed E-state index contributed by atoms with van der Waals surface area (Å²) >= 11 is 3.44. The second-order valence-electron chi connectivity index (χ2n) is 5.96. The van der Waals surface area contributed by atoms with Crippen molar-refractivity contribution in [2.24, 2.45) is 5.92 Å². The molecule has 1 amide bonds. The fraction of sp³-hybridized carbons (Fsp3) is 0.333. The highest BCUT2D eigenvalue weighted by molar-refractivity contribution is 9.10. The summed E-state index contributed by atoms with van der Waals surface area (Å²) < 4.78 is 6.56. The summed E-state index contributed by atoms with van der Waals surface area (Å²) in [6.07, 6.45) is 0. The molecule has 1 atom stereocenters. The molecule has 0 aliphatic carbocycles. The summed E-state index contributed by atoms with van der Waals surface area (Å²) in [7, 11) is 0. The molecule has 0 aliphatic heterocycles. The summed E-state index contributed by atoms with van der Waals surface area (Å²) in [4.78, 5) is 12.0. The van der Waals surface area contributed by atoms with Gasteiger partial charge in [0.05, 0.1) is 6.07 Å². The van der Waals surface area contributed by atoms with E-state index in [4.69, 9.17) is 4.74 Å². The summed E-state index contributed by atoms with van der Waals surface area (Å²) in [5, 5.41) is 14.1. The number of halogens is 1. The van der Waals surface area contributed by atoms with Crippen LogP contribution >= 0.6 is 15.9 Å². The highest BCUT2D eigenvalue weighted by atomic mass is 79.9. The molecule has 0 radical (unpaired) electrons. The normalized spacial score (nSPS) is 13.4. The highest BCUT2D eigenvalue weighted by Crippen LogP contribution is 2.24. The lowest BCUT2D eigenvalue weighted by Gasteiger charge is -2.27. The Kier molecular flexibility index (Phi) is 5.27. The van der Waals surface area contributed by atoms with Gasteiger partial charge in [-0.1, -0.05) is 41.9 Å². The third-order valence-electron chi connectivity index (χ3n) is 3.93. The second kappa shape index (κ2) is 7.01. The van der Waals surface area contributed by atoms with Crippen LogP contribution in [0.1, 0.15) is 20.8 Å². The number of carbonyl (C=O) groups is 1. The Morgan fingerprint density at radius 1 is 1.30 bits per heavy atom. The van der Waals surface area contributed by atoms with E-state index in [0.717, 1.165) is 15.2 Å². The Morgan fingerprint density at radius 2 is 1.96 bits per heavy atom. The van der Waals surface area contributed by atoms with Crippen molar-refractivity contribution in [1.29, 1.82) is 5.26 Å². The van der Waals surface area contributed by atoms with E-state index in [9.17, 15) is 10.1 Å². The van der Waals surface area contributed by atoms with Gasteiger partial charge in [0.1, 0.15) is 11.3 Å². The zero-order valence-electron chi connectivity index (χ0n) is 13.4. The van der Waals surface area contributed by atoms with Gasteiger partial charge < -0.3 is 10.1 Å². The average Bonchev–Trinajstić information content (AvgIpc) is 2.52. The Balaban J connectivity index is 2.02. The lowest BCUT2D eigenvalue weighted by atomic mass is 9.90. The predicted molar refractivity (Wildman–Crippen MR) is 94.1 cm³/mol. The zero-order chi connectivity index (χ0) is 17.0. The first-order valence-corrected chi connectivity index (χ1v) is 8.18. The molecule has 0 saturated carbocycles. The van der Waals surface area contributed by atoms with Crippen LogP contribution in [0.15, 0.2) is 40.9 Å². The predicted octanol–water partition coefficient (Wildman–Crippen LogP) is 4.04. The van der Waals surface area contributed by atoms with Crippen LogP contribution in [0.2, 0.25) is 0 Å². The number of fused-ring (bicyclic) bond motifs is 1. The fourth-order valence-corrected chi connectivity index (χ4v) is 2.44. The average molecular weight is 375 g/mol. The molecule has 0 saturated heterocycles. The van der Waals surface area contributed by atoms with E-state index < -0.39 is 5.54 Å². The zero-order valence-corrected chi connectivity index (χ0v) is 15.0. The lowest BCUT2D eigenvalue weighted by Crippen LogP contribution is -2.50. The standard InChI is InChI=1S/C18H19BrN2O2/c1-12(2)18(3,11-20)21-17(22)10-23-16-7-5-13-8-15(19)6-4-14(13)9-16/h4-9,12H,10H2,1-3H3,(H,21,22)/t18-/m0/s1. The molecule has 2 rings (SSSR count). The van der Waals surface area contributed by atoms with Crippen molar-refractivity contribution >= 4 is 32.6 Å². The van der Waals surface area contributed by atoms with Gasteiger partial charge in [0, 0.05) is 4.47 Å². The van der Waals surface area contributed by atoms with Gasteiger partial charge in [0.15, 0.2) is 6.61 Å². The number of nitrogens with one attached hydrogen (secondary N) is 1. The molecular weight excluding hydrogens is 356 g/mol. The van der Waals surface area contributed by atoms with E-state index in [1.165, 1.54) is 0 Å². The van der Waals surface area contributed by atoms with Crippen LogP contribution in [0.3, 0.4) is 0 Å². The number of nitrogens with zero attached hydrogens (tertiary/aromatic N) is 1. The maximum atomic E-state index is 12.0. The van der Waals surface area contributed by atoms with Crippen molar-refractivity contribution in [3.8, 4) is 11.8 Å². The van der Waals surface area contributed by atoms with Crippen LogP contribution in [0.4, 0.5) is 0 Å². The molecule has 0 bridgehead atoms. The molecule has 2 aromatic carbocycles. The van der Waals surface area contributed by atoms with Crippen molar-refractivity contribution in [2.75, 3.05) is 6.61 Å². The fourth-order valence-electron chi connectivity index (χ4n) is 2.06. The van der Waals surface area contributed by atoms with Crippen LogP contribution in [0.25, 0.3) is 10.8 Å². The van der Waals surface area contributed by atoms with Crippen molar-refractivity contribution in [3.05, 3.63) is 40.9 Å². The number of hydrogen-bond donors (Lipinski definition) is 1. The van der Waals surface area contributed by atoms with Crippen molar-refractivity contribution in [3.63, 3.8) is 0 Å². The van der Waals surface area contributed by atoms with Crippen molar-refractivity contribution in [1.82, 2.24) is 5.32 Å². The smallest absolute Gasteiger partial charge is 0.259 e. The SMILES string of the molecule is CC(C)[C@](C)(C#N)NC(=O)COc1ccc2cc(Br)ccc2c1.